The molecule has 0 saturated carbocycles. The maximum Gasteiger partial charge on any atom is 0.0443 e. The van der Waals surface area contributed by atoms with E-state index in [1.165, 1.54) is 45.7 Å². The standard InChI is InChI=1S/C25H34N2OS/c1-2-3-7-20-10-11-25-22(18-20)23(19-21-8-4-5-9-24(21)29-25)27-15-13-26(14-16-27)12-6-17-28/h4-5,8-11,18,23,28H,2-3,6-7,12-17,19H2,1H3. The predicted octanol–water partition coefficient (Wildman–Crippen LogP) is 4.78. The molecule has 2 aliphatic rings. The molecule has 4 heteroatoms. The van der Waals surface area contributed by atoms with Gasteiger partial charge in [0.1, 0.15) is 0 Å². The zero-order valence-corrected chi connectivity index (χ0v) is 18.5. The summed E-state index contributed by atoms with van der Waals surface area (Å²) in [4.78, 5) is 8.06. The minimum absolute atomic E-state index is 0.296. The highest BCUT2D eigenvalue weighted by Gasteiger charge is 2.30. The van der Waals surface area contributed by atoms with Gasteiger partial charge in [-0.3, -0.25) is 4.90 Å². The fourth-order valence-corrected chi connectivity index (χ4v) is 5.73. The van der Waals surface area contributed by atoms with E-state index in [4.69, 9.17) is 5.11 Å². The summed E-state index contributed by atoms with van der Waals surface area (Å²) in [6.45, 7) is 8.03. The summed E-state index contributed by atoms with van der Waals surface area (Å²) >= 11 is 1.95. The molecule has 29 heavy (non-hydrogen) atoms. The van der Waals surface area contributed by atoms with Gasteiger partial charge in [-0.25, -0.2) is 0 Å². The number of benzene rings is 2. The Bertz CT molecular complexity index is 801. The molecule has 1 fully saturated rings. The van der Waals surface area contributed by atoms with Crippen LogP contribution in [0.3, 0.4) is 0 Å². The van der Waals surface area contributed by atoms with Crippen LogP contribution in [0, 0.1) is 0 Å². The Morgan fingerprint density at radius 1 is 1.00 bits per heavy atom. The number of aliphatic hydroxyl groups excluding tert-OH is 1. The van der Waals surface area contributed by atoms with E-state index in [1.807, 2.05) is 11.8 Å². The van der Waals surface area contributed by atoms with Crippen molar-refractivity contribution in [3.63, 3.8) is 0 Å². The Balaban J connectivity index is 1.60. The van der Waals surface area contributed by atoms with E-state index in [-0.39, 0.29) is 0 Å². The second-order valence-electron chi connectivity index (χ2n) is 8.36. The lowest BCUT2D eigenvalue weighted by Crippen LogP contribution is -2.48. The largest absolute Gasteiger partial charge is 0.396 e. The second kappa shape index (κ2) is 10.1. The van der Waals surface area contributed by atoms with E-state index in [9.17, 15) is 0 Å². The van der Waals surface area contributed by atoms with Crippen LogP contribution in [0.1, 0.15) is 48.9 Å². The third-order valence-electron chi connectivity index (χ3n) is 6.34. The SMILES string of the molecule is CCCCc1ccc2c(c1)C(N1CCN(CCCO)CC1)Cc1ccccc1S2. The van der Waals surface area contributed by atoms with E-state index >= 15 is 0 Å². The van der Waals surface area contributed by atoms with Crippen LogP contribution in [0.5, 0.6) is 0 Å². The molecule has 0 aliphatic carbocycles. The molecular formula is C25H34N2OS. The molecule has 1 unspecified atom stereocenters. The summed E-state index contributed by atoms with van der Waals surface area (Å²) in [6, 6.07) is 16.6. The number of hydrogen-bond donors (Lipinski definition) is 1. The number of aliphatic hydroxyl groups is 1. The van der Waals surface area contributed by atoms with Crippen molar-refractivity contribution in [2.45, 2.75) is 54.9 Å². The highest BCUT2D eigenvalue weighted by molar-refractivity contribution is 7.99. The van der Waals surface area contributed by atoms with E-state index in [0.717, 1.165) is 45.6 Å². The first-order valence-electron chi connectivity index (χ1n) is 11.2. The third-order valence-corrected chi connectivity index (χ3v) is 7.55. The number of rotatable bonds is 7. The Hall–Kier alpha value is -1.33. The number of unbranched alkanes of at least 4 members (excludes halogenated alkanes) is 1. The Morgan fingerprint density at radius 3 is 2.62 bits per heavy atom. The zero-order valence-electron chi connectivity index (χ0n) is 17.6. The molecule has 2 heterocycles. The van der Waals surface area contributed by atoms with E-state index in [0.29, 0.717) is 12.6 Å². The van der Waals surface area contributed by atoms with Crippen molar-refractivity contribution in [1.29, 1.82) is 0 Å². The van der Waals surface area contributed by atoms with Gasteiger partial charge in [-0.05, 0) is 54.5 Å². The molecule has 0 spiro atoms. The molecule has 156 valence electrons. The maximum absolute atomic E-state index is 9.13. The fraction of sp³-hybridized carbons (Fsp3) is 0.520. The molecule has 0 bridgehead atoms. The summed E-state index contributed by atoms with van der Waals surface area (Å²) in [5.41, 5.74) is 4.50. The van der Waals surface area contributed by atoms with Crippen molar-refractivity contribution in [3.8, 4) is 0 Å². The maximum atomic E-state index is 9.13. The fourth-order valence-electron chi connectivity index (χ4n) is 4.62. The lowest BCUT2D eigenvalue weighted by atomic mass is 9.94. The molecule has 0 radical (unpaired) electrons. The minimum Gasteiger partial charge on any atom is -0.396 e. The molecule has 0 amide bonds. The van der Waals surface area contributed by atoms with Gasteiger partial charge in [0.15, 0.2) is 0 Å². The number of nitrogens with zero attached hydrogens (tertiary/aromatic N) is 2. The summed E-state index contributed by atoms with van der Waals surface area (Å²) in [7, 11) is 0. The number of aryl methyl sites for hydroxylation is 1. The van der Waals surface area contributed by atoms with Crippen LogP contribution >= 0.6 is 11.8 Å². The van der Waals surface area contributed by atoms with Crippen molar-refractivity contribution >= 4 is 11.8 Å². The van der Waals surface area contributed by atoms with Crippen LogP contribution in [0.2, 0.25) is 0 Å². The summed E-state index contributed by atoms with van der Waals surface area (Å²) in [6.07, 6.45) is 5.68. The van der Waals surface area contributed by atoms with Crippen LogP contribution in [0.4, 0.5) is 0 Å². The Labute approximate surface area is 180 Å². The molecular weight excluding hydrogens is 376 g/mol. The molecule has 2 aromatic rings. The quantitative estimate of drug-likeness (QED) is 0.711. The summed E-state index contributed by atoms with van der Waals surface area (Å²) in [5, 5.41) is 9.13. The monoisotopic (exact) mass is 410 g/mol. The van der Waals surface area contributed by atoms with Crippen molar-refractivity contribution < 1.29 is 5.11 Å². The topological polar surface area (TPSA) is 26.7 Å². The van der Waals surface area contributed by atoms with Crippen LogP contribution in [-0.4, -0.2) is 54.2 Å². The molecule has 2 aliphatic heterocycles. The van der Waals surface area contributed by atoms with Gasteiger partial charge in [0.05, 0.1) is 0 Å². The Morgan fingerprint density at radius 2 is 1.83 bits per heavy atom. The first-order chi connectivity index (χ1) is 14.3. The van der Waals surface area contributed by atoms with Gasteiger partial charge in [-0.1, -0.05) is 55.4 Å². The third kappa shape index (κ3) is 5.05. The van der Waals surface area contributed by atoms with Crippen LogP contribution in [0.25, 0.3) is 0 Å². The molecule has 2 aromatic carbocycles. The lowest BCUT2D eigenvalue weighted by molar-refractivity contribution is 0.0899. The average molecular weight is 411 g/mol. The van der Waals surface area contributed by atoms with Gasteiger partial charge in [0.25, 0.3) is 0 Å². The van der Waals surface area contributed by atoms with Crippen molar-refractivity contribution in [2.75, 3.05) is 39.3 Å². The van der Waals surface area contributed by atoms with Crippen LogP contribution < -0.4 is 0 Å². The number of piperazine rings is 1. The zero-order chi connectivity index (χ0) is 20.1. The van der Waals surface area contributed by atoms with Crippen LogP contribution in [0.15, 0.2) is 52.3 Å². The normalized spacial score (nSPS) is 20.1. The molecule has 1 saturated heterocycles. The van der Waals surface area contributed by atoms with Crippen LogP contribution in [-0.2, 0) is 12.8 Å². The van der Waals surface area contributed by atoms with Gasteiger partial charge in [0, 0.05) is 55.2 Å². The van der Waals surface area contributed by atoms with Gasteiger partial charge >= 0.3 is 0 Å². The Kier molecular flexibility index (Phi) is 7.30. The minimum atomic E-state index is 0.296. The highest BCUT2D eigenvalue weighted by atomic mass is 32.2. The first-order valence-corrected chi connectivity index (χ1v) is 12.1. The predicted molar refractivity (Wildman–Crippen MR) is 122 cm³/mol. The van der Waals surface area contributed by atoms with Crippen molar-refractivity contribution in [1.82, 2.24) is 9.80 Å². The number of fused-ring (bicyclic) bond motifs is 2. The molecule has 4 rings (SSSR count). The van der Waals surface area contributed by atoms with E-state index < -0.39 is 0 Å². The first kappa shape index (κ1) is 20.9. The number of hydrogen-bond acceptors (Lipinski definition) is 4. The average Bonchev–Trinajstić information content (AvgIpc) is 2.93. The van der Waals surface area contributed by atoms with Gasteiger partial charge < -0.3 is 10.0 Å². The van der Waals surface area contributed by atoms with Crippen molar-refractivity contribution in [3.05, 3.63) is 59.2 Å². The van der Waals surface area contributed by atoms with E-state index in [2.05, 4.69) is 59.2 Å². The molecule has 3 nitrogen and oxygen atoms in total. The summed E-state index contributed by atoms with van der Waals surface area (Å²) in [5.74, 6) is 0. The van der Waals surface area contributed by atoms with Gasteiger partial charge in [-0.15, -0.1) is 0 Å². The highest BCUT2D eigenvalue weighted by Crippen LogP contribution is 2.43. The van der Waals surface area contributed by atoms with Gasteiger partial charge in [0.2, 0.25) is 0 Å². The molecule has 1 atom stereocenters. The smallest absolute Gasteiger partial charge is 0.0443 e. The van der Waals surface area contributed by atoms with Gasteiger partial charge in [-0.2, -0.15) is 0 Å². The second-order valence-corrected chi connectivity index (χ2v) is 9.44. The van der Waals surface area contributed by atoms with E-state index in [1.54, 1.807) is 0 Å². The van der Waals surface area contributed by atoms with Crippen molar-refractivity contribution in [2.24, 2.45) is 0 Å². The molecule has 0 aromatic heterocycles. The summed E-state index contributed by atoms with van der Waals surface area (Å²) < 4.78 is 0. The lowest BCUT2D eigenvalue weighted by Gasteiger charge is -2.39. The molecule has 1 N–H and O–H groups in total.